The summed E-state index contributed by atoms with van der Waals surface area (Å²) in [6.07, 6.45) is 6.60. The Balaban J connectivity index is 2.25. The minimum Gasteiger partial charge on any atom is -0.494 e. The van der Waals surface area contributed by atoms with Gasteiger partial charge < -0.3 is 4.74 Å². The molecule has 0 heterocycles. The second-order valence-corrected chi connectivity index (χ2v) is 5.44. The average Bonchev–Trinajstić information content (AvgIpc) is 2.40. The van der Waals surface area contributed by atoms with Crippen molar-refractivity contribution in [3.63, 3.8) is 0 Å². The highest BCUT2D eigenvalue weighted by Gasteiger charge is 2.35. The molecule has 2 rings (SSSR count). The lowest BCUT2D eigenvalue weighted by Crippen LogP contribution is -2.42. The van der Waals surface area contributed by atoms with E-state index in [1.807, 2.05) is 6.92 Å². The van der Waals surface area contributed by atoms with Crippen molar-refractivity contribution in [3.8, 4) is 5.75 Å². The lowest BCUT2D eigenvalue weighted by molar-refractivity contribution is 0.0988. The Labute approximate surface area is 111 Å². The van der Waals surface area contributed by atoms with Gasteiger partial charge in [-0.2, -0.15) is 0 Å². The molecule has 18 heavy (non-hydrogen) atoms. The smallest absolute Gasteiger partial charge is 0.119 e. The van der Waals surface area contributed by atoms with Crippen LogP contribution in [0.1, 0.15) is 44.6 Å². The lowest BCUT2D eigenvalue weighted by Gasteiger charge is -2.43. The van der Waals surface area contributed by atoms with E-state index in [1.54, 1.807) is 0 Å². The molecule has 2 heteroatoms. The predicted octanol–water partition coefficient (Wildman–Crippen LogP) is 3.81. The summed E-state index contributed by atoms with van der Waals surface area (Å²) in [5, 5.41) is 0. The van der Waals surface area contributed by atoms with Gasteiger partial charge >= 0.3 is 0 Å². The van der Waals surface area contributed by atoms with Crippen LogP contribution in [0.4, 0.5) is 0 Å². The summed E-state index contributed by atoms with van der Waals surface area (Å²) in [6, 6.07) is 8.71. The maximum atomic E-state index is 5.53. The van der Waals surface area contributed by atoms with Crippen LogP contribution in [0, 0.1) is 0 Å². The van der Waals surface area contributed by atoms with Crippen molar-refractivity contribution in [1.82, 2.24) is 4.90 Å². The molecule has 0 radical (unpaired) electrons. The molecule has 1 fully saturated rings. The molecule has 0 spiro atoms. The van der Waals surface area contributed by atoms with Crippen molar-refractivity contribution in [1.29, 1.82) is 0 Å². The van der Waals surface area contributed by atoms with Crippen LogP contribution in [0.3, 0.4) is 0 Å². The molecule has 2 nitrogen and oxygen atoms in total. The first-order valence-corrected chi connectivity index (χ1v) is 7.10. The molecule has 1 aromatic rings. The van der Waals surface area contributed by atoms with E-state index in [1.165, 1.54) is 37.7 Å². The number of nitrogens with zero attached hydrogens (tertiary/aromatic N) is 1. The van der Waals surface area contributed by atoms with Crippen molar-refractivity contribution >= 4 is 0 Å². The van der Waals surface area contributed by atoms with E-state index in [4.69, 9.17) is 4.74 Å². The molecule has 0 saturated heterocycles. The minimum atomic E-state index is 0.239. The second kappa shape index (κ2) is 5.75. The largest absolute Gasteiger partial charge is 0.494 e. The second-order valence-electron chi connectivity index (χ2n) is 5.44. The van der Waals surface area contributed by atoms with Crippen LogP contribution in [0.5, 0.6) is 5.75 Å². The number of rotatable bonds is 4. The van der Waals surface area contributed by atoms with Crippen LogP contribution in [0.15, 0.2) is 24.3 Å². The maximum absolute atomic E-state index is 5.53. The van der Waals surface area contributed by atoms with Gasteiger partial charge in [-0.15, -0.1) is 0 Å². The fourth-order valence-electron chi connectivity index (χ4n) is 3.16. The first-order chi connectivity index (χ1) is 8.69. The summed E-state index contributed by atoms with van der Waals surface area (Å²) in [7, 11) is 4.42. The average molecular weight is 247 g/mol. The topological polar surface area (TPSA) is 12.5 Å². The van der Waals surface area contributed by atoms with Gasteiger partial charge in [0, 0.05) is 5.54 Å². The van der Waals surface area contributed by atoms with Crippen molar-refractivity contribution in [2.24, 2.45) is 0 Å². The number of hydrogen-bond donors (Lipinski definition) is 0. The molecule has 0 atom stereocenters. The van der Waals surface area contributed by atoms with E-state index in [-0.39, 0.29) is 5.54 Å². The van der Waals surface area contributed by atoms with Crippen molar-refractivity contribution < 1.29 is 4.74 Å². The standard InChI is InChI=1S/C16H25NO/c1-4-18-15-10-8-14(9-11-15)16(17(2)3)12-6-5-7-13-16/h8-11H,4-7,12-13H2,1-3H3. The monoisotopic (exact) mass is 247 g/mol. The van der Waals surface area contributed by atoms with Gasteiger partial charge in [-0.25, -0.2) is 0 Å². The van der Waals surface area contributed by atoms with E-state index >= 15 is 0 Å². The Kier molecular flexibility index (Phi) is 4.28. The van der Waals surface area contributed by atoms with Gasteiger partial charge in [-0.3, -0.25) is 4.90 Å². The van der Waals surface area contributed by atoms with E-state index < -0.39 is 0 Å². The van der Waals surface area contributed by atoms with Crippen LogP contribution in [-0.2, 0) is 5.54 Å². The molecule has 0 N–H and O–H groups in total. The molecule has 0 amide bonds. The SMILES string of the molecule is CCOc1ccc(C2(N(C)C)CCCCC2)cc1. The van der Waals surface area contributed by atoms with Crippen molar-refractivity contribution in [2.45, 2.75) is 44.6 Å². The van der Waals surface area contributed by atoms with Crippen LogP contribution < -0.4 is 4.74 Å². The summed E-state index contributed by atoms with van der Waals surface area (Å²) in [5.41, 5.74) is 1.68. The summed E-state index contributed by atoms with van der Waals surface area (Å²) < 4.78 is 5.53. The molecule has 1 saturated carbocycles. The molecule has 0 aromatic heterocycles. The zero-order chi connectivity index (χ0) is 13.0. The molecular formula is C16H25NO. The zero-order valence-electron chi connectivity index (χ0n) is 11.9. The Hall–Kier alpha value is -1.02. The Morgan fingerprint density at radius 1 is 1.06 bits per heavy atom. The van der Waals surface area contributed by atoms with Gasteiger partial charge in [0.1, 0.15) is 5.75 Å². The van der Waals surface area contributed by atoms with E-state index in [2.05, 4.69) is 43.3 Å². The summed E-state index contributed by atoms with van der Waals surface area (Å²) in [5.74, 6) is 0.978. The summed E-state index contributed by atoms with van der Waals surface area (Å²) >= 11 is 0. The third kappa shape index (κ3) is 2.54. The van der Waals surface area contributed by atoms with Crippen molar-refractivity contribution in [3.05, 3.63) is 29.8 Å². The Morgan fingerprint density at radius 2 is 1.67 bits per heavy atom. The molecule has 0 bridgehead atoms. The number of hydrogen-bond acceptors (Lipinski definition) is 2. The molecule has 1 aliphatic carbocycles. The lowest BCUT2D eigenvalue weighted by atomic mass is 9.76. The summed E-state index contributed by atoms with van der Waals surface area (Å²) in [6.45, 7) is 2.76. The first kappa shape index (κ1) is 13.4. The third-order valence-electron chi connectivity index (χ3n) is 4.24. The molecule has 1 aliphatic rings. The molecule has 0 unspecified atom stereocenters. The van der Waals surface area contributed by atoms with E-state index in [0.717, 1.165) is 12.4 Å². The van der Waals surface area contributed by atoms with E-state index in [9.17, 15) is 0 Å². The molecule has 100 valence electrons. The van der Waals surface area contributed by atoms with Crippen molar-refractivity contribution in [2.75, 3.05) is 20.7 Å². The summed E-state index contributed by atoms with van der Waals surface area (Å²) in [4.78, 5) is 2.40. The van der Waals surface area contributed by atoms with Gasteiger partial charge in [-0.05, 0) is 51.6 Å². The highest BCUT2D eigenvalue weighted by atomic mass is 16.5. The molecule has 1 aromatic carbocycles. The van der Waals surface area contributed by atoms with Crippen LogP contribution in [0.25, 0.3) is 0 Å². The first-order valence-electron chi connectivity index (χ1n) is 7.10. The number of ether oxygens (including phenoxy) is 1. The maximum Gasteiger partial charge on any atom is 0.119 e. The highest BCUT2D eigenvalue weighted by molar-refractivity contribution is 5.32. The zero-order valence-corrected chi connectivity index (χ0v) is 11.9. The third-order valence-corrected chi connectivity index (χ3v) is 4.24. The highest BCUT2D eigenvalue weighted by Crippen LogP contribution is 2.41. The normalized spacial score (nSPS) is 18.9. The van der Waals surface area contributed by atoms with Gasteiger partial charge in [-0.1, -0.05) is 31.4 Å². The quantitative estimate of drug-likeness (QED) is 0.802. The van der Waals surface area contributed by atoms with Crippen LogP contribution >= 0.6 is 0 Å². The van der Waals surface area contributed by atoms with Gasteiger partial charge in [0.15, 0.2) is 0 Å². The fourth-order valence-corrected chi connectivity index (χ4v) is 3.16. The van der Waals surface area contributed by atoms with Crippen LogP contribution in [0.2, 0.25) is 0 Å². The van der Waals surface area contributed by atoms with Gasteiger partial charge in [0.25, 0.3) is 0 Å². The Bertz CT molecular complexity index is 363. The fraction of sp³-hybridized carbons (Fsp3) is 0.625. The predicted molar refractivity (Wildman–Crippen MR) is 76.1 cm³/mol. The van der Waals surface area contributed by atoms with Gasteiger partial charge in [0.05, 0.1) is 6.61 Å². The molecule has 0 aliphatic heterocycles. The molecular weight excluding hydrogens is 222 g/mol. The minimum absolute atomic E-state index is 0.239. The Morgan fingerprint density at radius 3 is 2.17 bits per heavy atom. The van der Waals surface area contributed by atoms with E-state index in [0.29, 0.717) is 0 Å². The number of benzene rings is 1. The van der Waals surface area contributed by atoms with Crippen LogP contribution in [-0.4, -0.2) is 25.6 Å². The van der Waals surface area contributed by atoms with Gasteiger partial charge in [0.2, 0.25) is 0 Å².